The minimum atomic E-state index is 0. The van der Waals surface area contributed by atoms with Gasteiger partial charge in [-0.3, -0.25) is 9.78 Å². The van der Waals surface area contributed by atoms with Gasteiger partial charge in [0.15, 0.2) is 0 Å². The fourth-order valence-electron chi connectivity index (χ4n) is 3.15. The van der Waals surface area contributed by atoms with E-state index in [9.17, 15) is 4.79 Å². The summed E-state index contributed by atoms with van der Waals surface area (Å²) in [6.07, 6.45) is 2.13. The molecule has 1 fully saturated rings. The van der Waals surface area contributed by atoms with E-state index in [1.54, 1.807) is 11.3 Å². The molecule has 2 atom stereocenters. The predicted molar refractivity (Wildman–Crippen MR) is 109 cm³/mol. The first kappa shape index (κ1) is 21.9. The number of carbonyl (C=O) groups excluding carboxylic acids is 1. The number of nitrogens with two attached hydrogens (primary N) is 1. The predicted octanol–water partition coefficient (Wildman–Crippen LogP) is 4.16. The molecule has 0 spiro atoms. The van der Waals surface area contributed by atoms with E-state index in [0.717, 1.165) is 42.9 Å². The second-order valence-corrected chi connectivity index (χ2v) is 7.13. The summed E-state index contributed by atoms with van der Waals surface area (Å²) in [5, 5.41) is 4.11. The highest BCUT2D eigenvalue weighted by atomic mass is 35.5. The Morgan fingerprint density at radius 1 is 1.36 bits per heavy atom. The smallest absolute Gasteiger partial charge is 0.255 e. The Labute approximate surface area is 165 Å². The molecule has 138 valence electrons. The molecule has 2 unspecified atom stereocenters. The molecule has 0 saturated carbocycles. The third-order valence-corrected chi connectivity index (χ3v) is 5.31. The highest BCUT2D eigenvalue weighted by Gasteiger charge is 2.27. The largest absolute Gasteiger partial charge is 0.338 e. The Morgan fingerprint density at radius 3 is 2.72 bits per heavy atom. The number of piperidine rings is 1. The van der Waals surface area contributed by atoms with Gasteiger partial charge in [0.25, 0.3) is 5.91 Å². The van der Waals surface area contributed by atoms with Crippen molar-refractivity contribution in [3.05, 3.63) is 40.2 Å². The van der Waals surface area contributed by atoms with Crippen LogP contribution in [-0.4, -0.2) is 34.9 Å². The number of aryl methyl sites for hydroxylation is 1. The van der Waals surface area contributed by atoms with E-state index in [2.05, 4.69) is 10.4 Å². The molecule has 2 aromatic heterocycles. The summed E-state index contributed by atoms with van der Waals surface area (Å²) < 4.78 is 0. The molecule has 1 aliphatic rings. The molecule has 2 N–H and O–H groups in total. The summed E-state index contributed by atoms with van der Waals surface area (Å²) in [5.41, 5.74) is 9.55. The van der Waals surface area contributed by atoms with Crippen molar-refractivity contribution in [3.8, 4) is 11.3 Å². The monoisotopic (exact) mass is 401 g/mol. The highest BCUT2D eigenvalue weighted by molar-refractivity contribution is 7.08. The molecular formula is C18H25Cl2N3OS. The zero-order chi connectivity index (χ0) is 16.4. The Morgan fingerprint density at radius 2 is 2.12 bits per heavy atom. The lowest BCUT2D eigenvalue weighted by Gasteiger charge is -2.34. The summed E-state index contributed by atoms with van der Waals surface area (Å²) >= 11 is 1.65. The maximum Gasteiger partial charge on any atom is 0.255 e. The Kier molecular flexibility index (Phi) is 8.35. The Balaban J connectivity index is 0.00000156. The third kappa shape index (κ3) is 4.94. The van der Waals surface area contributed by atoms with E-state index in [-0.39, 0.29) is 36.8 Å². The fourth-order valence-corrected chi connectivity index (χ4v) is 3.80. The first-order valence-corrected chi connectivity index (χ1v) is 9.05. The van der Waals surface area contributed by atoms with Gasteiger partial charge in [0.2, 0.25) is 0 Å². The number of hydrogen-bond donors (Lipinski definition) is 1. The molecule has 0 aromatic carbocycles. The van der Waals surface area contributed by atoms with Crippen LogP contribution in [0.15, 0.2) is 29.0 Å². The molecule has 3 heterocycles. The molecule has 25 heavy (non-hydrogen) atoms. The van der Waals surface area contributed by atoms with Crippen LogP contribution in [0.25, 0.3) is 11.3 Å². The number of carbonyl (C=O) groups is 1. The van der Waals surface area contributed by atoms with Crippen molar-refractivity contribution in [1.29, 1.82) is 0 Å². The van der Waals surface area contributed by atoms with Gasteiger partial charge in [0.05, 0.1) is 17.0 Å². The molecule has 2 aromatic rings. The number of pyridine rings is 1. The summed E-state index contributed by atoms with van der Waals surface area (Å²) in [7, 11) is 0. The van der Waals surface area contributed by atoms with E-state index in [4.69, 9.17) is 5.73 Å². The average Bonchev–Trinajstić information content (AvgIpc) is 3.08. The lowest BCUT2D eigenvalue weighted by molar-refractivity contribution is 0.0659. The number of hydrogen-bond acceptors (Lipinski definition) is 4. The van der Waals surface area contributed by atoms with Crippen LogP contribution >= 0.6 is 36.2 Å². The Hall–Kier alpha value is -1.14. The van der Waals surface area contributed by atoms with Gasteiger partial charge >= 0.3 is 0 Å². The average molecular weight is 402 g/mol. The highest BCUT2D eigenvalue weighted by Crippen LogP contribution is 2.24. The topological polar surface area (TPSA) is 59.2 Å². The third-order valence-electron chi connectivity index (χ3n) is 4.62. The molecule has 1 aliphatic heterocycles. The number of nitrogens with zero attached hydrogens (tertiary/aromatic N) is 2. The van der Waals surface area contributed by atoms with Gasteiger partial charge in [-0.15, -0.1) is 24.8 Å². The second-order valence-electron chi connectivity index (χ2n) is 6.35. The molecule has 4 nitrogen and oxygen atoms in total. The number of halogens is 2. The quantitative estimate of drug-likeness (QED) is 0.839. The van der Waals surface area contributed by atoms with Crippen LogP contribution < -0.4 is 5.73 Å². The van der Waals surface area contributed by atoms with Crippen LogP contribution in [0.2, 0.25) is 0 Å². The normalized spacial score (nSPS) is 18.0. The first-order chi connectivity index (χ1) is 11.1. The maximum atomic E-state index is 12.8. The SMILES string of the molecule is Cc1nc(-c2ccsc2)ccc1C(=O)N1CCCC(C(C)N)C1.Cl.Cl. The van der Waals surface area contributed by atoms with Gasteiger partial charge in [-0.1, -0.05) is 0 Å². The summed E-state index contributed by atoms with van der Waals surface area (Å²) in [6.45, 7) is 5.51. The van der Waals surface area contributed by atoms with E-state index in [1.807, 2.05) is 42.3 Å². The summed E-state index contributed by atoms with van der Waals surface area (Å²) in [4.78, 5) is 19.4. The molecule has 0 aliphatic carbocycles. The van der Waals surface area contributed by atoms with Gasteiger partial charge in [-0.2, -0.15) is 11.3 Å². The van der Waals surface area contributed by atoms with E-state index < -0.39 is 0 Å². The van der Waals surface area contributed by atoms with Crippen molar-refractivity contribution in [2.45, 2.75) is 32.7 Å². The van der Waals surface area contributed by atoms with Gasteiger partial charge in [0, 0.05) is 30.1 Å². The van der Waals surface area contributed by atoms with Gasteiger partial charge in [0.1, 0.15) is 0 Å². The number of amides is 1. The molecule has 7 heteroatoms. The molecule has 1 saturated heterocycles. The van der Waals surface area contributed by atoms with Crippen LogP contribution in [0.4, 0.5) is 0 Å². The number of aromatic nitrogens is 1. The first-order valence-electron chi connectivity index (χ1n) is 8.11. The van der Waals surface area contributed by atoms with Crippen LogP contribution in [0.1, 0.15) is 35.8 Å². The lowest BCUT2D eigenvalue weighted by atomic mass is 9.91. The molecule has 1 amide bonds. The van der Waals surface area contributed by atoms with E-state index in [0.29, 0.717) is 11.5 Å². The summed E-state index contributed by atoms with van der Waals surface area (Å²) in [5.74, 6) is 0.475. The lowest BCUT2D eigenvalue weighted by Crippen LogP contribution is -2.45. The van der Waals surface area contributed by atoms with Crippen molar-refractivity contribution >= 4 is 42.1 Å². The van der Waals surface area contributed by atoms with Crippen LogP contribution in [0.3, 0.4) is 0 Å². The van der Waals surface area contributed by atoms with Gasteiger partial charge < -0.3 is 10.6 Å². The molecule has 0 bridgehead atoms. The maximum absolute atomic E-state index is 12.8. The molecular weight excluding hydrogens is 377 g/mol. The number of likely N-dealkylation sites (tertiary alicyclic amines) is 1. The number of thiophene rings is 1. The molecule has 0 radical (unpaired) electrons. The van der Waals surface area contributed by atoms with Crippen molar-refractivity contribution in [1.82, 2.24) is 9.88 Å². The summed E-state index contributed by atoms with van der Waals surface area (Å²) in [6, 6.07) is 6.03. The van der Waals surface area contributed by atoms with Gasteiger partial charge in [-0.25, -0.2) is 0 Å². The molecule has 3 rings (SSSR count). The fraction of sp³-hybridized carbons (Fsp3) is 0.444. The number of rotatable bonds is 3. The van der Waals surface area contributed by atoms with Crippen LogP contribution in [0, 0.1) is 12.8 Å². The van der Waals surface area contributed by atoms with Crippen molar-refractivity contribution in [2.24, 2.45) is 11.7 Å². The van der Waals surface area contributed by atoms with E-state index >= 15 is 0 Å². The van der Waals surface area contributed by atoms with Crippen LogP contribution in [-0.2, 0) is 0 Å². The zero-order valence-corrected chi connectivity index (χ0v) is 16.9. The van der Waals surface area contributed by atoms with E-state index in [1.165, 1.54) is 0 Å². The van der Waals surface area contributed by atoms with Crippen molar-refractivity contribution < 1.29 is 4.79 Å². The standard InChI is InChI=1S/C18H23N3OS.2ClH/c1-12(19)14-4-3-8-21(10-14)18(22)16-5-6-17(20-13(16)2)15-7-9-23-11-15;;/h5-7,9,11-12,14H,3-4,8,10,19H2,1-2H3;2*1H. The van der Waals surface area contributed by atoms with Crippen molar-refractivity contribution in [3.63, 3.8) is 0 Å². The van der Waals surface area contributed by atoms with Gasteiger partial charge in [-0.05, 0) is 56.2 Å². The van der Waals surface area contributed by atoms with Crippen LogP contribution in [0.5, 0.6) is 0 Å². The van der Waals surface area contributed by atoms with Crippen molar-refractivity contribution in [2.75, 3.05) is 13.1 Å². The minimum Gasteiger partial charge on any atom is -0.338 e. The zero-order valence-electron chi connectivity index (χ0n) is 14.5. The second kappa shape index (κ2) is 9.53. The minimum absolute atomic E-state index is 0. The Bertz CT molecular complexity index is 692.